The molecular formula is C25H30N6O3. The van der Waals surface area contributed by atoms with Crippen LogP contribution in [0.3, 0.4) is 0 Å². The van der Waals surface area contributed by atoms with Gasteiger partial charge in [0, 0.05) is 49.8 Å². The van der Waals surface area contributed by atoms with Crippen LogP contribution in [0.5, 0.6) is 5.75 Å². The second-order valence-corrected chi connectivity index (χ2v) is 7.83. The number of benzene rings is 2. The highest BCUT2D eigenvalue weighted by Gasteiger charge is 2.13. The predicted molar refractivity (Wildman–Crippen MR) is 133 cm³/mol. The monoisotopic (exact) mass is 462 g/mol. The molecule has 5 N–H and O–H groups in total. The first-order valence-corrected chi connectivity index (χ1v) is 11.1. The van der Waals surface area contributed by atoms with Crippen LogP contribution in [0.15, 0.2) is 48.5 Å². The molecule has 0 saturated carbocycles. The van der Waals surface area contributed by atoms with Crippen molar-refractivity contribution in [2.45, 2.75) is 20.8 Å². The van der Waals surface area contributed by atoms with Crippen LogP contribution >= 0.6 is 0 Å². The number of hydrogen-bond donors (Lipinski definition) is 5. The molecule has 2 amide bonds. The molecule has 0 unspecified atom stereocenters. The van der Waals surface area contributed by atoms with E-state index >= 15 is 0 Å². The highest BCUT2D eigenvalue weighted by atomic mass is 16.3. The lowest BCUT2D eigenvalue weighted by Gasteiger charge is -2.16. The van der Waals surface area contributed by atoms with E-state index in [2.05, 4.69) is 31.2 Å². The van der Waals surface area contributed by atoms with E-state index in [9.17, 15) is 14.7 Å². The average molecular weight is 463 g/mol. The minimum atomic E-state index is -0.262. The molecule has 2 aromatic carbocycles. The molecule has 34 heavy (non-hydrogen) atoms. The highest BCUT2D eigenvalue weighted by Crippen LogP contribution is 2.25. The molecule has 0 aliphatic carbocycles. The van der Waals surface area contributed by atoms with Crippen molar-refractivity contribution >= 4 is 23.5 Å². The molecule has 3 aromatic rings. The van der Waals surface area contributed by atoms with E-state index in [1.165, 1.54) is 13.0 Å². The maximum absolute atomic E-state index is 12.4. The summed E-state index contributed by atoms with van der Waals surface area (Å²) in [6, 6.07) is 14.5. The van der Waals surface area contributed by atoms with Gasteiger partial charge in [-0.1, -0.05) is 36.4 Å². The molecule has 1 aromatic heterocycles. The number of hydrogen-bond acceptors (Lipinski definition) is 7. The molecular weight excluding hydrogens is 432 g/mol. The van der Waals surface area contributed by atoms with Gasteiger partial charge in [0.2, 0.25) is 5.91 Å². The zero-order valence-electron chi connectivity index (χ0n) is 19.6. The molecule has 3 rings (SSSR count). The number of phenolic OH excluding ortho intramolecular Hbond substituents is 1. The van der Waals surface area contributed by atoms with Crippen LogP contribution in [-0.4, -0.2) is 53.1 Å². The number of carbonyl (C=O) groups is 2. The first kappa shape index (κ1) is 24.5. The van der Waals surface area contributed by atoms with Crippen LogP contribution in [0.2, 0.25) is 0 Å². The number of nitrogens with zero attached hydrogens (tertiary/aromatic N) is 2. The van der Waals surface area contributed by atoms with E-state index in [1.54, 1.807) is 19.1 Å². The average Bonchev–Trinajstić information content (AvgIpc) is 2.83. The van der Waals surface area contributed by atoms with Gasteiger partial charge in [-0.3, -0.25) is 9.59 Å². The van der Waals surface area contributed by atoms with Crippen LogP contribution < -0.4 is 21.3 Å². The summed E-state index contributed by atoms with van der Waals surface area (Å²) in [6.45, 7) is 6.96. The first-order chi connectivity index (χ1) is 16.3. The minimum absolute atomic E-state index is 0.0866. The Morgan fingerprint density at radius 2 is 1.47 bits per heavy atom. The summed E-state index contributed by atoms with van der Waals surface area (Å²) < 4.78 is 0. The Bertz CT molecular complexity index is 1150. The zero-order valence-corrected chi connectivity index (χ0v) is 19.6. The summed E-state index contributed by atoms with van der Waals surface area (Å²) in [7, 11) is 0. The maximum Gasteiger partial charge on any atom is 0.251 e. The van der Waals surface area contributed by atoms with Crippen molar-refractivity contribution in [3.05, 3.63) is 65.2 Å². The third kappa shape index (κ3) is 6.68. The summed E-state index contributed by atoms with van der Waals surface area (Å²) in [5.74, 6) is 1.63. The Balaban J connectivity index is 1.67. The molecule has 0 saturated heterocycles. The topological polar surface area (TPSA) is 128 Å². The van der Waals surface area contributed by atoms with Crippen molar-refractivity contribution in [2.75, 3.05) is 36.8 Å². The van der Waals surface area contributed by atoms with Gasteiger partial charge in [0.05, 0.1) is 0 Å². The Morgan fingerprint density at radius 1 is 0.853 bits per heavy atom. The van der Waals surface area contributed by atoms with Crippen molar-refractivity contribution in [3.63, 3.8) is 0 Å². The minimum Gasteiger partial charge on any atom is -0.508 e. The quantitative estimate of drug-likeness (QED) is 0.293. The largest absolute Gasteiger partial charge is 0.508 e. The Hall–Kier alpha value is -4.14. The van der Waals surface area contributed by atoms with E-state index < -0.39 is 0 Å². The number of anilines is 2. The van der Waals surface area contributed by atoms with Gasteiger partial charge in [-0.15, -0.1) is 0 Å². The highest BCUT2D eigenvalue weighted by molar-refractivity contribution is 5.94. The van der Waals surface area contributed by atoms with Crippen LogP contribution in [-0.2, 0) is 4.79 Å². The van der Waals surface area contributed by atoms with Gasteiger partial charge in [-0.2, -0.15) is 0 Å². The third-order valence-electron chi connectivity index (χ3n) is 5.14. The Labute approximate surface area is 199 Å². The van der Waals surface area contributed by atoms with Crippen molar-refractivity contribution < 1.29 is 14.7 Å². The lowest BCUT2D eigenvalue weighted by atomic mass is 10.1. The molecule has 0 spiro atoms. The SMILES string of the molecule is CC(=O)NCCNc1nc(-c2ccccc2)nc(NCCNC(=O)c2ccc(C)c(O)c2)c1C. The normalized spacial score (nSPS) is 10.4. The summed E-state index contributed by atoms with van der Waals surface area (Å²) in [5.41, 5.74) is 2.83. The predicted octanol–water partition coefficient (Wildman–Crippen LogP) is 2.86. The molecule has 0 bridgehead atoms. The third-order valence-corrected chi connectivity index (χ3v) is 5.14. The fourth-order valence-corrected chi connectivity index (χ4v) is 3.21. The van der Waals surface area contributed by atoms with Gasteiger partial charge < -0.3 is 26.4 Å². The molecule has 9 heteroatoms. The maximum atomic E-state index is 12.4. The standard InChI is InChI=1S/C25H30N6O3/c1-16-9-10-20(15-21(16)33)25(34)29-14-13-28-23-17(2)22(27-12-11-26-18(3)32)30-24(31-23)19-7-5-4-6-8-19/h4-10,15,33H,11-14H2,1-3H3,(H,26,32)(H,29,34)(H2,27,28,30,31). The molecule has 1 heterocycles. The van der Waals surface area contributed by atoms with E-state index in [-0.39, 0.29) is 17.6 Å². The number of phenols is 1. The van der Waals surface area contributed by atoms with Crippen molar-refractivity contribution in [1.29, 1.82) is 0 Å². The van der Waals surface area contributed by atoms with E-state index in [0.717, 1.165) is 11.1 Å². The zero-order chi connectivity index (χ0) is 24.5. The van der Waals surface area contributed by atoms with Crippen molar-refractivity contribution in [2.24, 2.45) is 0 Å². The lowest BCUT2D eigenvalue weighted by molar-refractivity contribution is -0.118. The van der Waals surface area contributed by atoms with Gasteiger partial charge in [-0.05, 0) is 31.5 Å². The molecule has 178 valence electrons. The molecule has 0 radical (unpaired) electrons. The van der Waals surface area contributed by atoms with Gasteiger partial charge in [0.15, 0.2) is 5.82 Å². The molecule has 9 nitrogen and oxygen atoms in total. The fourth-order valence-electron chi connectivity index (χ4n) is 3.21. The molecule has 0 atom stereocenters. The number of carbonyl (C=O) groups excluding carboxylic acids is 2. The lowest BCUT2D eigenvalue weighted by Crippen LogP contribution is -2.29. The number of aromatic hydroxyl groups is 1. The van der Waals surface area contributed by atoms with E-state index in [4.69, 9.17) is 0 Å². The smallest absolute Gasteiger partial charge is 0.251 e. The number of aryl methyl sites for hydroxylation is 1. The van der Waals surface area contributed by atoms with E-state index in [0.29, 0.717) is 54.8 Å². The molecule has 0 fully saturated rings. The number of rotatable bonds is 10. The van der Waals surface area contributed by atoms with Crippen LogP contribution in [0.4, 0.5) is 11.6 Å². The van der Waals surface area contributed by atoms with Crippen LogP contribution in [0, 0.1) is 13.8 Å². The summed E-state index contributed by atoms with van der Waals surface area (Å²) in [4.78, 5) is 32.8. The number of aromatic nitrogens is 2. The Kier molecular flexibility index (Phi) is 8.39. The summed E-state index contributed by atoms with van der Waals surface area (Å²) in [6.07, 6.45) is 0. The Morgan fingerprint density at radius 3 is 2.06 bits per heavy atom. The molecule has 0 aliphatic heterocycles. The van der Waals surface area contributed by atoms with Gasteiger partial charge in [0.1, 0.15) is 17.4 Å². The second kappa shape index (κ2) is 11.6. The van der Waals surface area contributed by atoms with Crippen LogP contribution in [0.25, 0.3) is 11.4 Å². The molecule has 0 aliphatic rings. The summed E-state index contributed by atoms with van der Waals surface area (Å²) in [5, 5.41) is 21.9. The number of amides is 2. The number of nitrogens with one attached hydrogen (secondary N) is 4. The van der Waals surface area contributed by atoms with Crippen LogP contribution in [0.1, 0.15) is 28.4 Å². The fraction of sp³-hybridized carbons (Fsp3) is 0.280. The van der Waals surface area contributed by atoms with Gasteiger partial charge in [0.25, 0.3) is 5.91 Å². The summed E-state index contributed by atoms with van der Waals surface area (Å²) >= 11 is 0. The van der Waals surface area contributed by atoms with Gasteiger partial charge >= 0.3 is 0 Å². The van der Waals surface area contributed by atoms with Crippen molar-refractivity contribution in [3.8, 4) is 17.1 Å². The van der Waals surface area contributed by atoms with E-state index in [1.807, 2.05) is 37.3 Å². The first-order valence-electron chi connectivity index (χ1n) is 11.1. The van der Waals surface area contributed by atoms with Crippen molar-refractivity contribution in [1.82, 2.24) is 20.6 Å². The second-order valence-electron chi connectivity index (χ2n) is 7.83. The van der Waals surface area contributed by atoms with Gasteiger partial charge in [-0.25, -0.2) is 9.97 Å².